The van der Waals surface area contributed by atoms with E-state index in [9.17, 15) is 0 Å². The van der Waals surface area contributed by atoms with Gasteiger partial charge in [-0.25, -0.2) is 4.98 Å². The largest absolute Gasteiger partial charge is 0.456 e. The Morgan fingerprint density at radius 3 is 1.73 bits per heavy atom. The molecular weight excluding hydrogens is 546 g/mol. The quantitative estimate of drug-likeness (QED) is 0.196. The maximum atomic E-state index is 6.48. The van der Waals surface area contributed by atoms with E-state index in [2.05, 4.69) is 152 Å². The van der Waals surface area contributed by atoms with E-state index in [4.69, 9.17) is 9.40 Å². The van der Waals surface area contributed by atoms with Gasteiger partial charge in [-0.1, -0.05) is 127 Å². The third kappa shape index (κ3) is 4.30. The number of aromatic nitrogens is 1. The second-order valence-corrected chi connectivity index (χ2v) is 11.5. The van der Waals surface area contributed by atoms with Gasteiger partial charge in [-0.2, -0.15) is 0 Å². The first-order valence-electron chi connectivity index (χ1n) is 15.3. The van der Waals surface area contributed by atoms with Crippen molar-refractivity contribution in [3.8, 4) is 44.8 Å². The molecule has 0 spiro atoms. The summed E-state index contributed by atoms with van der Waals surface area (Å²) in [6.45, 7) is 0. The zero-order chi connectivity index (χ0) is 29.7. The molecule has 45 heavy (non-hydrogen) atoms. The van der Waals surface area contributed by atoms with Crippen LogP contribution < -0.4 is 0 Å². The highest BCUT2D eigenvalue weighted by molar-refractivity contribution is 6.17. The summed E-state index contributed by atoms with van der Waals surface area (Å²) in [6.07, 6.45) is 0. The molecule has 9 rings (SSSR count). The summed E-state index contributed by atoms with van der Waals surface area (Å²) in [4.78, 5) is 5.11. The maximum Gasteiger partial charge on any atom is 0.136 e. The molecule has 9 aromatic rings. The summed E-state index contributed by atoms with van der Waals surface area (Å²) in [7, 11) is 0. The van der Waals surface area contributed by atoms with Gasteiger partial charge in [0.2, 0.25) is 0 Å². The van der Waals surface area contributed by atoms with Crippen molar-refractivity contribution < 1.29 is 4.42 Å². The van der Waals surface area contributed by atoms with E-state index < -0.39 is 0 Å². The fourth-order valence-electron chi connectivity index (χ4n) is 6.73. The number of hydrogen-bond acceptors (Lipinski definition) is 2. The van der Waals surface area contributed by atoms with Crippen molar-refractivity contribution in [2.24, 2.45) is 0 Å². The molecule has 0 amide bonds. The van der Waals surface area contributed by atoms with Crippen molar-refractivity contribution in [3.63, 3.8) is 0 Å². The van der Waals surface area contributed by atoms with Gasteiger partial charge in [-0.3, -0.25) is 0 Å². The third-order valence-corrected chi connectivity index (χ3v) is 8.85. The molecule has 0 saturated carbocycles. The second-order valence-electron chi connectivity index (χ2n) is 11.5. The Morgan fingerprint density at radius 2 is 1.00 bits per heavy atom. The number of benzene rings is 7. The zero-order valence-corrected chi connectivity index (χ0v) is 24.4. The SMILES string of the molecule is c1ccc(-c2cc(-c3cccc4oc5ccc(-c6cc7ccccc7c7ccccc67)cc5c34)cc(-c3ccccc3)n2)cc1. The average Bonchev–Trinajstić information content (AvgIpc) is 3.50. The predicted octanol–water partition coefficient (Wildman–Crippen LogP) is 12.0. The highest BCUT2D eigenvalue weighted by Gasteiger charge is 2.17. The summed E-state index contributed by atoms with van der Waals surface area (Å²) in [6, 6.07) is 57.9. The summed E-state index contributed by atoms with van der Waals surface area (Å²) < 4.78 is 6.48. The van der Waals surface area contributed by atoms with Crippen molar-refractivity contribution in [2.75, 3.05) is 0 Å². The molecular formula is C43H27NO. The normalized spacial score (nSPS) is 11.6. The van der Waals surface area contributed by atoms with Gasteiger partial charge in [0.15, 0.2) is 0 Å². The van der Waals surface area contributed by atoms with E-state index >= 15 is 0 Å². The van der Waals surface area contributed by atoms with Crippen LogP contribution in [0, 0.1) is 0 Å². The lowest BCUT2D eigenvalue weighted by molar-refractivity contribution is 0.669. The standard InChI is InChI=1S/C43H27NO/c1-3-12-28(13-4-1)39-26-32(27-40(44-39)29-14-5-2-6-15-29)34-20-11-21-42-43(34)38-25-31(22-23-41(38)45-42)37-24-30-16-7-8-17-33(30)35-18-9-10-19-36(35)37/h1-27H. The van der Waals surface area contributed by atoms with Crippen LogP contribution in [0.5, 0.6) is 0 Å². The van der Waals surface area contributed by atoms with Crippen molar-refractivity contribution in [1.82, 2.24) is 4.98 Å². The van der Waals surface area contributed by atoms with Crippen LogP contribution in [0.1, 0.15) is 0 Å². The van der Waals surface area contributed by atoms with Gasteiger partial charge in [0.25, 0.3) is 0 Å². The van der Waals surface area contributed by atoms with E-state index in [1.807, 2.05) is 12.1 Å². The number of nitrogens with zero attached hydrogens (tertiary/aromatic N) is 1. The smallest absolute Gasteiger partial charge is 0.136 e. The Morgan fingerprint density at radius 1 is 0.356 bits per heavy atom. The number of fused-ring (bicyclic) bond motifs is 6. The van der Waals surface area contributed by atoms with Crippen LogP contribution in [0.2, 0.25) is 0 Å². The molecule has 2 heteroatoms. The Labute approximate surface area is 260 Å². The van der Waals surface area contributed by atoms with Crippen molar-refractivity contribution >= 4 is 43.5 Å². The molecule has 0 saturated heterocycles. The first-order valence-corrected chi connectivity index (χ1v) is 15.3. The summed E-state index contributed by atoms with van der Waals surface area (Å²) >= 11 is 0. The van der Waals surface area contributed by atoms with Crippen LogP contribution in [0.3, 0.4) is 0 Å². The summed E-state index contributed by atoms with van der Waals surface area (Å²) in [5.41, 5.74) is 10.5. The zero-order valence-electron chi connectivity index (χ0n) is 24.4. The van der Waals surface area contributed by atoms with Crippen LogP contribution in [0.15, 0.2) is 168 Å². The van der Waals surface area contributed by atoms with Gasteiger partial charge in [-0.05, 0) is 80.2 Å². The lowest BCUT2D eigenvalue weighted by Gasteiger charge is -2.12. The lowest BCUT2D eigenvalue weighted by atomic mass is 9.92. The minimum absolute atomic E-state index is 0.877. The molecule has 2 nitrogen and oxygen atoms in total. The van der Waals surface area contributed by atoms with E-state index in [1.165, 1.54) is 32.7 Å². The summed E-state index contributed by atoms with van der Waals surface area (Å²) in [5.74, 6) is 0. The molecule has 2 aromatic heterocycles. The van der Waals surface area contributed by atoms with Crippen molar-refractivity contribution in [3.05, 3.63) is 164 Å². The van der Waals surface area contributed by atoms with Crippen LogP contribution >= 0.6 is 0 Å². The minimum atomic E-state index is 0.877. The molecule has 0 aliphatic rings. The topological polar surface area (TPSA) is 26.0 Å². The van der Waals surface area contributed by atoms with E-state index in [0.717, 1.165) is 55.6 Å². The Balaban J connectivity index is 1.30. The van der Waals surface area contributed by atoms with Crippen LogP contribution in [0.4, 0.5) is 0 Å². The molecule has 0 unspecified atom stereocenters. The van der Waals surface area contributed by atoms with Gasteiger partial charge in [0.05, 0.1) is 11.4 Å². The van der Waals surface area contributed by atoms with Crippen LogP contribution in [-0.2, 0) is 0 Å². The Kier molecular flexibility index (Phi) is 5.85. The Bertz CT molecular complexity index is 2470. The molecule has 0 bridgehead atoms. The van der Waals surface area contributed by atoms with Gasteiger partial charge in [0, 0.05) is 21.9 Å². The van der Waals surface area contributed by atoms with E-state index in [0.29, 0.717) is 0 Å². The first kappa shape index (κ1) is 25.5. The van der Waals surface area contributed by atoms with Crippen LogP contribution in [-0.4, -0.2) is 4.98 Å². The average molecular weight is 574 g/mol. The minimum Gasteiger partial charge on any atom is -0.456 e. The molecule has 0 radical (unpaired) electrons. The highest BCUT2D eigenvalue weighted by Crippen LogP contribution is 2.42. The molecule has 0 fully saturated rings. The second kappa shape index (κ2) is 10.3. The Hall–Kier alpha value is -5.99. The van der Waals surface area contributed by atoms with Crippen LogP contribution in [0.25, 0.3) is 88.3 Å². The predicted molar refractivity (Wildman–Crippen MR) is 188 cm³/mol. The van der Waals surface area contributed by atoms with Crippen molar-refractivity contribution in [1.29, 1.82) is 0 Å². The molecule has 210 valence electrons. The number of furan rings is 1. The van der Waals surface area contributed by atoms with E-state index in [1.54, 1.807) is 0 Å². The monoisotopic (exact) mass is 573 g/mol. The lowest BCUT2D eigenvalue weighted by Crippen LogP contribution is -1.91. The van der Waals surface area contributed by atoms with Gasteiger partial charge in [-0.15, -0.1) is 0 Å². The van der Waals surface area contributed by atoms with Crippen molar-refractivity contribution in [2.45, 2.75) is 0 Å². The number of hydrogen-bond donors (Lipinski definition) is 0. The van der Waals surface area contributed by atoms with Gasteiger partial charge < -0.3 is 4.42 Å². The van der Waals surface area contributed by atoms with E-state index in [-0.39, 0.29) is 0 Å². The maximum absolute atomic E-state index is 6.48. The fraction of sp³-hybridized carbons (Fsp3) is 0. The fourth-order valence-corrected chi connectivity index (χ4v) is 6.73. The number of rotatable bonds is 4. The van der Waals surface area contributed by atoms with Gasteiger partial charge >= 0.3 is 0 Å². The molecule has 0 aliphatic heterocycles. The third-order valence-electron chi connectivity index (χ3n) is 8.85. The van der Waals surface area contributed by atoms with Gasteiger partial charge in [0.1, 0.15) is 11.2 Å². The molecule has 0 atom stereocenters. The molecule has 2 heterocycles. The molecule has 7 aromatic carbocycles. The molecule has 0 aliphatic carbocycles. The summed E-state index contributed by atoms with van der Waals surface area (Å²) in [5, 5.41) is 7.25. The highest BCUT2D eigenvalue weighted by atomic mass is 16.3. The number of pyridine rings is 1. The molecule has 0 N–H and O–H groups in total. The first-order chi connectivity index (χ1) is 22.3.